The van der Waals surface area contributed by atoms with Crippen LogP contribution in [0.5, 0.6) is 0 Å². The van der Waals surface area contributed by atoms with Gasteiger partial charge in [-0.1, -0.05) is 29.3 Å². The van der Waals surface area contributed by atoms with E-state index in [-0.39, 0.29) is 36.4 Å². The van der Waals surface area contributed by atoms with Crippen LogP contribution in [0.2, 0.25) is 10.0 Å². The molecule has 8 heteroatoms. The van der Waals surface area contributed by atoms with E-state index in [0.29, 0.717) is 55.4 Å². The van der Waals surface area contributed by atoms with Gasteiger partial charge >= 0.3 is 0 Å². The maximum absolute atomic E-state index is 13.6. The van der Waals surface area contributed by atoms with Crippen molar-refractivity contribution >= 4 is 29.1 Å². The number of ether oxygens (including phenoxy) is 2. The molecule has 2 heterocycles. The maximum atomic E-state index is 13.6. The predicted molar refractivity (Wildman–Crippen MR) is 125 cm³/mol. The molecule has 0 aromatic heterocycles. The van der Waals surface area contributed by atoms with Crippen LogP contribution in [0.3, 0.4) is 0 Å². The Bertz CT molecular complexity index is 824. The highest BCUT2D eigenvalue weighted by molar-refractivity contribution is 6.42. The molecule has 2 unspecified atom stereocenters. The average Bonchev–Trinajstić information content (AvgIpc) is 2.80. The van der Waals surface area contributed by atoms with Crippen molar-refractivity contribution in [2.75, 3.05) is 26.3 Å². The monoisotopic (exact) mass is 503 g/mol. The van der Waals surface area contributed by atoms with E-state index in [4.69, 9.17) is 32.7 Å². The Kier molecular flexibility index (Phi) is 8.20. The molecule has 2 atom stereocenters. The first-order chi connectivity index (χ1) is 15.8. The SMILES string of the molecule is O=C1CCC(CCOC2CCCCO2)(c2ccc(Cl)c(Cl)c2)CN1CC1CCC(F)(F)CC1. The van der Waals surface area contributed by atoms with Gasteiger partial charge in [0.1, 0.15) is 0 Å². The van der Waals surface area contributed by atoms with Gasteiger partial charge in [0, 0.05) is 44.4 Å². The highest BCUT2D eigenvalue weighted by Crippen LogP contribution is 2.42. The van der Waals surface area contributed by atoms with E-state index in [1.165, 1.54) is 0 Å². The van der Waals surface area contributed by atoms with Crippen LogP contribution in [0.4, 0.5) is 8.78 Å². The van der Waals surface area contributed by atoms with E-state index < -0.39 is 5.92 Å². The minimum absolute atomic E-state index is 0.0904. The first kappa shape index (κ1) is 25.2. The van der Waals surface area contributed by atoms with Crippen molar-refractivity contribution in [3.8, 4) is 0 Å². The number of likely N-dealkylation sites (tertiary alicyclic amines) is 1. The van der Waals surface area contributed by atoms with Gasteiger partial charge in [-0.25, -0.2) is 8.78 Å². The Labute approximate surface area is 204 Å². The molecule has 184 valence electrons. The van der Waals surface area contributed by atoms with Crippen molar-refractivity contribution in [3.05, 3.63) is 33.8 Å². The number of amides is 1. The second-order valence-corrected chi connectivity index (χ2v) is 10.7. The van der Waals surface area contributed by atoms with Crippen molar-refractivity contribution in [1.82, 2.24) is 4.90 Å². The second-order valence-electron chi connectivity index (χ2n) is 9.90. The van der Waals surface area contributed by atoms with Crippen molar-refractivity contribution in [2.24, 2.45) is 5.92 Å². The first-order valence-electron chi connectivity index (χ1n) is 12.1. The van der Waals surface area contributed by atoms with Crippen molar-refractivity contribution in [3.63, 3.8) is 0 Å². The standard InChI is InChI=1S/C25H33Cl2F2NO3/c26-20-5-4-19(15-21(20)27)24(12-14-33-23-3-1-2-13-32-23)9-8-22(31)30(17-24)16-18-6-10-25(28,29)11-7-18/h4-5,15,18,23H,1-3,6-14,16-17H2. The van der Waals surface area contributed by atoms with Gasteiger partial charge in [0.2, 0.25) is 11.8 Å². The van der Waals surface area contributed by atoms with E-state index >= 15 is 0 Å². The van der Waals surface area contributed by atoms with Crippen LogP contribution in [0, 0.1) is 5.92 Å². The summed E-state index contributed by atoms with van der Waals surface area (Å²) in [4.78, 5) is 14.7. The second kappa shape index (κ2) is 10.8. The molecule has 1 aliphatic carbocycles. The van der Waals surface area contributed by atoms with Crippen LogP contribution in [0.25, 0.3) is 0 Å². The van der Waals surface area contributed by atoms with Gasteiger partial charge in [0.05, 0.1) is 16.7 Å². The number of hydrogen-bond acceptors (Lipinski definition) is 3. The molecule has 1 aromatic rings. The smallest absolute Gasteiger partial charge is 0.248 e. The number of alkyl halides is 2. The number of rotatable bonds is 7. The zero-order chi connectivity index (χ0) is 23.5. The molecule has 4 nitrogen and oxygen atoms in total. The van der Waals surface area contributed by atoms with Crippen molar-refractivity contribution in [1.29, 1.82) is 0 Å². The van der Waals surface area contributed by atoms with Gasteiger partial charge in [-0.2, -0.15) is 0 Å². The normalized spacial score (nSPS) is 28.8. The Hall–Kier alpha value is -0.950. The Morgan fingerprint density at radius 3 is 2.58 bits per heavy atom. The molecule has 2 saturated heterocycles. The van der Waals surface area contributed by atoms with E-state index in [0.717, 1.165) is 37.9 Å². The van der Waals surface area contributed by atoms with Crippen LogP contribution >= 0.6 is 23.2 Å². The van der Waals surface area contributed by atoms with Crippen molar-refractivity contribution < 1.29 is 23.0 Å². The summed E-state index contributed by atoms with van der Waals surface area (Å²) in [6, 6.07) is 5.69. The number of carbonyl (C=O) groups excluding carboxylic acids is 1. The summed E-state index contributed by atoms with van der Waals surface area (Å²) in [7, 11) is 0. The molecule has 0 spiro atoms. The lowest BCUT2D eigenvalue weighted by Crippen LogP contribution is -2.51. The lowest BCUT2D eigenvalue weighted by Gasteiger charge is -2.45. The molecular formula is C25H33Cl2F2NO3. The van der Waals surface area contributed by atoms with Crippen LogP contribution < -0.4 is 0 Å². The quantitative estimate of drug-likeness (QED) is 0.419. The summed E-state index contributed by atoms with van der Waals surface area (Å²) in [6.07, 6.45) is 5.46. The van der Waals surface area contributed by atoms with Crippen LogP contribution in [0.1, 0.15) is 69.8 Å². The lowest BCUT2D eigenvalue weighted by molar-refractivity contribution is -0.166. The summed E-state index contributed by atoms with van der Waals surface area (Å²) in [5.74, 6) is -2.35. The molecule has 1 aromatic carbocycles. The highest BCUT2D eigenvalue weighted by atomic mass is 35.5. The van der Waals surface area contributed by atoms with Crippen LogP contribution in [0.15, 0.2) is 18.2 Å². The van der Waals surface area contributed by atoms with Gasteiger partial charge in [-0.15, -0.1) is 0 Å². The molecule has 1 amide bonds. The number of carbonyl (C=O) groups is 1. The zero-order valence-electron chi connectivity index (χ0n) is 19.0. The fourth-order valence-corrected chi connectivity index (χ4v) is 5.73. The van der Waals surface area contributed by atoms with Crippen LogP contribution in [-0.4, -0.2) is 49.3 Å². The molecule has 33 heavy (non-hydrogen) atoms. The molecule has 3 aliphatic rings. The maximum Gasteiger partial charge on any atom is 0.248 e. The third-order valence-corrected chi connectivity index (χ3v) is 8.27. The number of hydrogen-bond donors (Lipinski definition) is 0. The molecule has 3 fully saturated rings. The average molecular weight is 504 g/mol. The molecule has 4 rings (SSSR count). The summed E-state index contributed by atoms with van der Waals surface area (Å²) in [5.41, 5.74) is 0.716. The minimum atomic E-state index is -2.56. The number of nitrogens with zero attached hydrogens (tertiary/aromatic N) is 1. The summed E-state index contributed by atoms with van der Waals surface area (Å²) >= 11 is 12.5. The van der Waals surface area contributed by atoms with Gasteiger partial charge < -0.3 is 14.4 Å². The summed E-state index contributed by atoms with van der Waals surface area (Å²) in [5, 5.41) is 0.984. The van der Waals surface area contributed by atoms with E-state index in [2.05, 4.69) is 0 Å². The number of benzene rings is 1. The number of piperidine rings is 1. The van der Waals surface area contributed by atoms with Gasteiger partial charge in [0.15, 0.2) is 6.29 Å². The predicted octanol–water partition coefficient (Wildman–Crippen LogP) is 6.61. The Balaban J connectivity index is 1.48. The van der Waals surface area contributed by atoms with Crippen LogP contribution in [-0.2, 0) is 19.7 Å². The van der Waals surface area contributed by atoms with Gasteiger partial charge in [-0.3, -0.25) is 4.79 Å². The molecular weight excluding hydrogens is 471 g/mol. The Morgan fingerprint density at radius 1 is 1.09 bits per heavy atom. The fourth-order valence-electron chi connectivity index (χ4n) is 5.44. The molecule has 0 radical (unpaired) electrons. The Morgan fingerprint density at radius 2 is 1.88 bits per heavy atom. The molecule has 2 aliphatic heterocycles. The fraction of sp³-hybridized carbons (Fsp3) is 0.720. The summed E-state index contributed by atoms with van der Waals surface area (Å²) < 4.78 is 39.0. The van der Waals surface area contributed by atoms with E-state index in [1.54, 1.807) is 6.07 Å². The lowest BCUT2D eigenvalue weighted by atomic mass is 9.71. The minimum Gasteiger partial charge on any atom is -0.353 e. The molecule has 0 N–H and O–H groups in total. The first-order valence-corrected chi connectivity index (χ1v) is 12.9. The molecule has 1 saturated carbocycles. The topological polar surface area (TPSA) is 38.8 Å². The third-order valence-electron chi connectivity index (χ3n) is 7.53. The number of halogens is 4. The van der Waals surface area contributed by atoms with E-state index in [9.17, 15) is 13.6 Å². The molecule has 0 bridgehead atoms. The third kappa shape index (κ3) is 6.39. The summed E-state index contributed by atoms with van der Waals surface area (Å²) in [6.45, 7) is 2.31. The largest absolute Gasteiger partial charge is 0.353 e. The van der Waals surface area contributed by atoms with E-state index in [1.807, 2.05) is 17.0 Å². The zero-order valence-corrected chi connectivity index (χ0v) is 20.5. The van der Waals surface area contributed by atoms with Gasteiger partial charge in [-0.05, 0) is 68.6 Å². The highest BCUT2D eigenvalue weighted by Gasteiger charge is 2.42. The van der Waals surface area contributed by atoms with Crippen molar-refractivity contribution in [2.45, 2.75) is 81.8 Å². The van der Waals surface area contributed by atoms with Gasteiger partial charge in [0.25, 0.3) is 0 Å².